The molecule has 3 nitrogen and oxygen atoms in total. The fraction of sp³-hybridized carbons (Fsp3) is 0.182. The molecule has 1 aromatic heterocycles. The van der Waals surface area contributed by atoms with Crippen LogP contribution >= 0.6 is 0 Å². The molecule has 0 radical (unpaired) electrons. The molecule has 3 aromatic rings. The molecule has 0 aliphatic heterocycles. The lowest BCUT2D eigenvalue weighted by Gasteiger charge is -2.19. The zero-order valence-electron chi connectivity index (χ0n) is 15.4. The minimum Gasteiger partial charge on any atom is -0.322 e. The molecule has 138 valence electrons. The molecule has 0 atom stereocenters. The van der Waals surface area contributed by atoms with Crippen molar-refractivity contribution in [3.63, 3.8) is 0 Å². The lowest BCUT2D eigenvalue weighted by molar-refractivity contribution is 0.102. The molecule has 1 N–H and O–H groups in total. The topological polar surface area (TPSA) is 42.0 Å². The second-order valence-electron chi connectivity index (χ2n) is 7.31. The van der Waals surface area contributed by atoms with E-state index in [0.29, 0.717) is 11.3 Å². The third kappa shape index (κ3) is 4.19. The average molecular weight is 366 g/mol. The molecule has 3 rings (SSSR count). The minimum absolute atomic E-state index is 0.0320. The van der Waals surface area contributed by atoms with Gasteiger partial charge in [0.05, 0.1) is 16.8 Å². The van der Waals surface area contributed by atoms with E-state index in [2.05, 4.69) is 31.1 Å². The first-order valence-electron chi connectivity index (χ1n) is 8.58. The third-order valence-electron chi connectivity index (χ3n) is 4.25. The lowest BCUT2D eigenvalue weighted by Crippen LogP contribution is -2.14. The Morgan fingerprint density at radius 3 is 2.07 bits per heavy atom. The second kappa shape index (κ2) is 7.27. The molecule has 0 unspecified atom stereocenters. The number of anilines is 1. The number of carbonyl (C=O) groups excluding carboxylic acids is 1. The Balaban J connectivity index is 1.76. The number of halogens is 2. The average Bonchev–Trinajstić information content (AvgIpc) is 2.62. The van der Waals surface area contributed by atoms with Crippen LogP contribution in [0.15, 0.2) is 60.8 Å². The normalized spacial score (nSPS) is 11.3. The van der Waals surface area contributed by atoms with E-state index in [9.17, 15) is 13.6 Å². The molecule has 1 heterocycles. The Kier molecular flexibility index (Phi) is 5.04. The van der Waals surface area contributed by atoms with Gasteiger partial charge in [0.1, 0.15) is 11.6 Å². The van der Waals surface area contributed by atoms with E-state index in [1.54, 1.807) is 0 Å². The first-order chi connectivity index (χ1) is 12.8. The monoisotopic (exact) mass is 366 g/mol. The highest BCUT2D eigenvalue weighted by Crippen LogP contribution is 2.25. The fourth-order valence-electron chi connectivity index (χ4n) is 2.68. The first kappa shape index (κ1) is 18.7. The van der Waals surface area contributed by atoms with E-state index >= 15 is 0 Å². The lowest BCUT2D eigenvalue weighted by atomic mass is 9.87. The van der Waals surface area contributed by atoms with Gasteiger partial charge < -0.3 is 5.32 Å². The van der Waals surface area contributed by atoms with E-state index < -0.39 is 11.6 Å². The maximum Gasteiger partial charge on any atom is 0.257 e. The van der Waals surface area contributed by atoms with Crippen molar-refractivity contribution in [1.29, 1.82) is 0 Å². The highest BCUT2D eigenvalue weighted by Gasteiger charge is 2.15. The van der Waals surface area contributed by atoms with E-state index in [1.807, 2.05) is 24.3 Å². The molecule has 0 aliphatic rings. The molecule has 5 heteroatoms. The van der Waals surface area contributed by atoms with Crippen molar-refractivity contribution in [3.8, 4) is 11.3 Å². The molecule has 1 amide bonds. The van der Waals surface area contributed by atoms with Gasteiger partial charge in [-0.25, -0.2) is 8.78 Å². The Labute approximate surface area is 157 Å². The number of pyridine rings is 1. The fourth-order valence-corrected chi connectivity index (χ4v) is 2.68. The van der Waals surface area contributed by atoms with Gasteiger partial charge in [-0.3, -0.25) is 9.78 Å². The summed E-state index contributed by atoms with van der Waals surface area (Å²) in [7, 11) is 0. The van der Waals surface area contributed by atoms with E-state index in [-0.39, 0.29) is 22.6 Å². The number of aromatic nitrogens is 1. The molecule has 0 bridgehead atoms. The van der Waals surface area contributed by atoms with Crippen LogP contribution in [0.2, 0.25) is 0 Å². The van der Waals surface area contributed by atoms with Gasteiger partial charge in [-0.2, -0.15) is 0 Å². The zero-order valence-corrected chi connectivity index (χ0v) is 15.4. The summed E-state index contributed by atoms with van der Waals surface area (Å²) < 4.78 is 27.7. The van der Waals surface area contributed by atoms with E-state index in [1.165, 1.54) is 42.1 Å². The number of nitrogens with one attached hydrogen (secondary N) is 1. The molecular formula is C22H20F2N2O. The standard InChI is InChI=1S/C22H20F2N2O/c1-22(2,3)15-8-10-16(11-9-15)26-21(27)14-7-12-19(25-13-14)20-17(23)5-4-6-18(20)24/h4-13H,1-3H3,(H,26,27). The summed E-state index contributed by atoms with van der Waals surface area (Å²) in [5.41, 5.74) is 2.09. The second-order valence-corrected chi connectivity index (χ2v) is 7.31. The molecule has 0 spiro atoms. The van der Waals surface area contributed by atoms with Crippen LogP contribution in [0.1, 0.15) is 36.7 Å². The summed E-state index contributed by atoms with van der Waals surface area (Å²) in [4.78, 5) is 16.4. The van der Waals surface area contributed by atoms with Crippen molar-refractivity contribution in [2.75, 3.05) is 5.32 Å². The van der Waals surface area contributed by atoms with Gasteiger partial charge in [0.2, 0.25) is 0 Å². The van der Waals surface area contributed by atoms with Gasteiger partial charge in [0, 0.05) is 11.9 Å². The van der Waals surface area contributed by atoms with Crippen LogP contribution in [0, 0.1) is 11.6 Å². The smallest absolute Gasteiger partial charge is 0.257 e. The Hall–Kier alpha value is -3.08. The molecular weight excluding hydrogens is 346 g/mol. The van der Waals surface area contributed by atoms with Crippen LogP contribution in [0.5, 0.6) is 0 Å². The quantitative estimate of drug-likeness (QED) is 0.658. The van der Waals surface area contributed by atoms with Crippen molar-refractivity contribution in [3.05, 3.63) is 83.6 Å². The Morgan fingerprint density at radius 1 is 0.926 bits per heavy atom. The Bertz CT molecular complexity index is 939. The Morgan fingerprint density at radius 2 is 1.56 bits per heavy atom. The van der Waals surface area contributed by atoms with Crippen LogP contribution in [0.4, 0.5) is 14.5 Å². The molecule has 0 saturated heterocycles. The predicted molar refractivity (Wildman–Crippen MR) is 103 cm³/mol. The summed E-state index contributed by atoms with van der Waals surface area (Å²) in [6, 6.07) is 14.2. The number of rotatable bonds is 3. The summed E-state index contributed by atoms with van der Waals surface area (Å²) in [5.74, 6) is -1.73. The van der Waals surface area contributed by atoms with Crippen LogP contribution in [0.3, 0.4) is 0 Å². The number of carbonyl (C=O) groups is 1. The maximum absolute atomic E-state index is 13.8. The number of hydrogen-bond donors (Lipinski definition) is 1. The van der Waals surface area contributed by atoms with Crippen LogP contribution in [-0.2, 0) is 5.41 Å². The SMILES string of the molecule is CC(C)(C)c1ccc(NC(=O)c2ccc(-c3c(F)cccc3F)nc2)cc1. The van der Waals surface area contributed by atoms with Crippen LogP contribution in [-0.4, -0.2) is 10.9 Å². The van der Waals surface area contributed by atoms with Gasteiger partial charge in [-0.05, 0) is 47.4 Å². The van der Waals surface area contributed by atoms with Crippen molar-refractivity contribution < 1.29 is 13.6 Å². The van der Waals surface area contributed by atoms with Gasteiger partial charge in [0.25, 0.3) is 5.91 Å². The number of amides is 1. The largest absolute Gasteiger partial charge is 0.322 e. The van der Waals surface area contributed by atoms with E-state index in [4.69, 9.17) is 0 Å². The highest BCUT2D eigenvalue weighted by molar-refractivity contribution is 6.04. The summed E-state index contributed by atoms with van der Waals surface area (Å²) >= 11 is 0. The van der Waals surface area contributed by atoms with Crippen molar-refractivity contribution >= 4 is 11.6 Å². The number of nitrogens with zero attached hydrogens (tertiary/aromatic N) is 1. The van der Waals surface area contributed by atoms with Crippen LogP contribution in [0.25, 0.3) is 11.3 Å². The number of hydrogen-bond acceptors (Lipinski definition) is 2. The van der Waals surface area contributed by atoms with Gasteiger partial charge >= 0.3 is 0 Å². The van der Waals surface area contributed by atoms with E-state index in [0.717, 1.165) is 0 Å². The highest BCUT2D eigenvalue weighted by atomic mass is 19.1. The zero-order chi connectivity index (χ0) is 19.6. The van der Waals surface area contributed by atoms with Gasteiger partial charge in [0.15, 0.2) is 0 Å². The predicted octanol–water partition coefficient (Wildman–Crippen LogP) is 5.58. The molecule has 0 aliphatic carbocycles. The third-order valence-corrected chi connectivity index (χ3v) is 4.25. The van der Waals surface area contributed by atoms with Crippen LogP contribution < -0.4 is 5.32 Å². The molecule has 27 heavy (non-hydrogen) atoms. The molecule has 0 saturated carbocycles. The van der Waals surface area contributed by atoms with Gasteiger partial charge in [-0.15, -0.1) is 0 Å². The summed E-state index contributed by atoms with van der Waals surface area (Å²) in [5, 5.41) is 2.79. The van der Waals surface area contributed by atoms with Crippen molar-refractivity contribution in [1.82, 2.24) is 4.98 Å². The molecule has 0 fully saturated rings. The van der Waals surface area contributed by atoms with Crippen molar-refractivity contribution in [2.24, 2.45) is 0 Å². The maximum atomic E-state index is 13.8. The minimum atomic E-state index is -0.696. The summed E-state index contributed by atoms with van der Waals surface area (Å²) in [6.07, 6.45) is 1.31. The summed E-state index contributed by atoms with van der Waals surface area (Å²) in [6.45, 7) is 6.35. The molecule has 2 aromatic carbocycles. The van der Waals surface area contributed by atoms with Crippen molar-refractivity contribution in [2.45, 2.75) is 26.2 Å². The first-order valence-corrected chi connectivity index (χ1v) is 8.58. The number of benzene rings is 2. The van der Waals surface area contributed by atoms with Gasteiger partial charge in [-0.1, -0.05) is 39.0 Å².